The van der Waals surface area contributed by atoms with Gasteiger partial charge in [-0.1, -0.05) is 13.8 Å². The van der Waals surface area contributed by atoms with Gasteiger partial charge >= 0.3 is 0 Å². The van der Waals surface area contributed by atoms with Gasteiger partial charge in [-0.3, -0.25) is 9.59 Å². The number of carbonyl (C=O) groups is 2. The van der Waals surface area contributed by atoms with Crippen molar-refractivity contribution < 1.29 is 18.4 Å². The topological polar surface area (TPSA) is 34.1 Å². The minimum atomic E-state index is -1.15. The van der Waals surface area contributed by atoms with E-state index in [1.807, 2.05) is 0 Å². The Hall–Kier alpha value is -1.10. The quantitative estimate of drug-likeness (QED) is 0.574. The van der Waals surface area contributed by atoms with Gasteiger partial charge in [0.05, 0.1) is 10.0 Å². The Morgan fingerprint density at radius 1 is 1.26 bits per heavy atom. The molecule has 0 heterocycles. The molecule has 1 aromatic carbocycles. The van der Waals surface area contributed by atoms with Crippen LogP contribution in [0.15, 0.2) is 16.6 Å². The highest BCUT2D eigenvalue weighted by molar-refractivity contribution is 9.10. The number of benzene rings is 1. The molecule has 5 heteroatoms. The van der Waals surface area contributed by atoms with E-state index in [9.17, 15) is 18.4 Å². The molecular formula is C14H15BrF2O2. The molecule has 0 saturated heterocycles. The van der Waals surface area contributed by atoms with Crippen molar-refractivity contribution in [3.05, 3.63) is 33.8 Å². The molecular weight excluding hydrogens is 318 g/mol. The van der Waals surface area contributed by atoms with Crippen molar-refractivity contribution >= 4 is 27.5 Å². The summed E-state index contributed by atoms with van der Waals surface area (Å²) < 4.78 is 27.0. The molecule has 0 spiro atoms. The summed E-state index contributed by atoms with van der Waals surface area (Å²) in [5.41, 5.74) is -0.267. The van der Waals surface area contributed by atoms with Crippen LogP contribution in [0.1, 0.15) is 43.5 Å². The van der Waals surface area contributed by atoms with Crippen molar-refractivity contribution in [1.82, 2.24) is 0 Å². The summed E-state index contributed by atoms with van der Waals surface area (Å²) in [4.78, 5) is 23.2. The number of hydrogen-bond acceptors (Lipinski definition) is 2. The molecule has 0 aliphatic carbocycles. The van der Waals surface area contributed by atoms with E-state index >= 15 is 0 Å². The molecule has 0 fully saturated rings. The lowest BCUT2D eigenvalue weighted by molar-refractivity contribution is -0.118. The Morgan fingerprint density at radius 2 is 1.89 bits per heavy atom. The van der Waals surface area contributed by atoms with Gasteiger partial charge in [-0.2, -0.15) is 0 Å². The van der Waals surface area contributed by atoms with E-state index in [-0.39, 0.29) is 22.2 Å². The first-order chi connectivity index (χ1) is 8.88. The molecule has 1 rings (SSSR count). The van der Waals surface area contributed by atoms with Gasteiger partial charge in [0.2, 0.25) is 0 Å². The number of halogens is 3. The minimum Gasteiger partial charge on any atom is -0.300 e. The second-order valence-electron chi connectivity index (χ2n) is 4.42. The lowest BCUT2D eigenvalue weighted by Gasteiger charge is -2.11. The molecule has 0 aliphatic heterocycles. The standard InChI is InChI=1S/C14H15BrF2O2/c1-3-9(18)5-4-8(2)14(19)10-6-7-11(15)13(17)12(10)16/h6-8H,3-5H2,1-2H3. The summed E-state index contributed by atoms with van der Waals surface area (Å²) in [5, 5.41) is 0. The summed E-state index contributed by atoms with van der Waals surface area (Å²) in [6, 6.07) is 2.55. The zero-order valence-electron chi connectivity index (χ0n) is 10.8. The molecule has 0 amide bonds. The fourth-order valence-corrected chi connectivity index (χ4v) is 1.97. The van der Waals surface area contributed by atoms with E-state index in [0.717, 1.165) is 0 Å². The molecule has 0 radical (unpaired) electrons. The van der Waals surface area contributed by atoms with Gasteiger partial charge in [0.25, 0.3) is 0 Å². The van der Waals surface area contributed by atoms with Gasteiger partial charge in [0.1, 0.15) is 5.78 Å². The first kappa shape index (κ1) is 16.0. The molecule has 1 aromatic rings. The third-order valence-electron chi connectivity index (χ3n) is 3.00. The maximum absolute atomic E-state index is 13.6. The zero-order chi connectivity index (χ0) is 14.6. The van der Waals surface area contributed by atoms with E-state index in [0.29, 0.717) is 12.8 Å². The van der Waals surface area contributed by atoms with E-state index in [2.05, 4.69) is 15.9 Å². The largest absolute Gasteiger partial charge is 0.300 e. The number of carbonyl (C=O) groups excluding carboxylic acids is 2. The Morgan fingerprint density at radius 3 is 2.47 bits per heavy atom. The second kappa shape index (κ2) is 6.89. The highest BCUT2D eigenvalue weighted by atomic mass is 79.9. The minimum absolute atomic E-state index is 0.0182. The highest BCUT2D eigenvalue weighted by Crippen LogP contribution is 2.24. The molecule has 2 nitrogen and oxygen atoms in total. The molecule has 1 unspecified atom stereocenters. The molecule has 0 aromatic heterocycles. The molecule has 0 saturated carbocycles. The number of Topliss-reactive ketones (excluding diaryl/α,β-unsaturated/α-hetero) is 2. The lowest BCUT2D eigenvalue weighted by atomic mass is 9.93. The third kappa shape index (κ3) is 3.93. The monoisotopic (exact) mass is 332 g/mol. The third-order valence-corrected chi connectivity index (χ3v) is 3.61. The maximum atomic E-state index is 13.6. The van der Waals surface area contributed by atoms with Gasteiger partial charge in [0, 0.05) is 18.8 Å². The molecule has 19 heavy (non-hydrogen) atoms. The summed E-state index contributed by atoms with van der Waals surface area (Å²) in [5.74, 6) is -3.14. The van der Waals surface area contributed by atoms with E-state index in [1.54, 1.807) is 13.8 Å². The van der Waals surface area contributed by atoms with Gasteiger partial charge in [-0.25, -0.2) is 8.78 Å². The summed E-state index contributed by atoms with van der Waals surface area (Å²) in [7, 11) is 0. The Kier molecular flexibility index (Phi) is 5.79. The molecule has 0 bridgehead atoms. The lowest BCUT2D eigenvalue weighted by Crippen LogP contribution is -2.15. The van der Waals surface area contributed by atoms with Crippen LogP contribution in [-0.2, 0) is 4.79 Å². The number of ketones is 2. The predicted molar refractivity (Wildman–Crippen MR) is 72.1 cm³/mol. The second-order valence-corrected chi connectivity index (χ2v) is 5.27. The Balaban J connectivity index is 2.83. The van der Waals surface area contributed by atoms with Crippen molar-refractivity contribution in [1.29, 1.82) is 0 Å². The number of hydrogen-bond donors (Lipinski definition) is 0. The van der Waals surface area contributed by atoms with Gasteiger partial charge in [-0.05, 0) is 34.5 Å². The van der Waals surface area contributed by atoms with Crippen molar-refractivity contribution in [3.8, 4) is 0 Å². The molecule has 0 N–H and O–H groups in total. The molecule has 1 atom stereocenters. The van der Waals surface area contributed by atoms with E-state index in [1.165, 1.54) is 12.1 Å². The van der Waals surface area contributed by atoms with E-state index in [4.69, 9.17) is 0 Å². The first-order valence-electron chi connectivity index (χ1n) is 6.07. The van der Waals surface area contributed by atoms with Crippen LogP contribution >= 0.6 is 15.9 Å². The van der Waals surface area contributed by atoms with E-state index < -0.39 is 23.3 Å². The fraction of sp³-hybridized carbons (Fsp3) is 0.429. The van der Waals surface area contributed by atoms with Crippen LogP contribution in [0, 0.1) is 17.6 Å². The smallest absolute Gasteiger partial charge is 0.173 e. The van der Waals surface area contributed by atoms with Crippen LogP contribution in [0.2, 0.25) is 0 Å². The van der Waals surface area contributed by atoms with Gasteiger partial charge in [0.15, 0.2) is 17.4 Å². The number of rotatable bonds is 6. The average molecular weight is 333 g/mol. The van der Waals surface area contributed by atoms with Crippen molar-refractivity contribution in [2.75, 3.05) is 0 Å². The van der Waals surface area contributed by atoms with Crippen molar-refractivity contribution in [3.63, 3.8) is 0 Å². The SMILES string of the molecule is CCC(=O)CCC(C)C(=O)c1ccc(Br)c(F)c1F. The Labute approximate surface area is 119 Å². The van der Waals surface area contributed by atoms with Gasteiger partial charge in [-0.15, -0.1) is 0 Å². The Bertz CT molecular complexity index is 500. The average Bonchev–Trinajstić information content (AvgIpc) is 2.41. The molecule has 0 aliphatic rings. The van der Waals surface area contributed by atoms with Crippen LogP contribution in [0.5, 0.6) is 0 Å². The zero-order valence-corrected chi connectivity index (χ0v) is 12.4. The first-order valence-corrected chi connectivity index (χ1v) is 6.87. The van der Waals surface area contributed by atoms with Crippen LogP contribution in [0.3, 0.4) is 0 Å². The summed E-state index contributed by atoms with van der Waals surface area (Å²) in [6.07, 6.45) is 1.05. The van der Waals surface area contributed by atoms with Crippen molar-refractivity contribution in [2.45, 2.75) is 33.1 Å². The highest BCUT2D eigenvalue weighted by Gasteiger charge is 2.22. The maximum Gasteiger partial charge on any atom is 0.173 e. The summed E-state index contributed by atoms with van der Waals surface area (Å²) >= 11 is 2.85. The molecule has 104 valence electrons. The van der Waals surface area contributed by atoms with Crippen molar-refractivity contribution in [2.24, 2.45) is 5.92 Å². The predicted octanol–water partition coefficient (Wildman–Crippen LogP) is 4.31. The van der Waals surface area contributed by atoms with Gasteiger partial charge < -0.3 is 0 Å². The van der Waals surface area contributed by atoms with Crippen LogP contribution in [0.25, 0.3) is 0 Å². The van der Waals surface area contributed by atoms with Crippen LogP contribution in [-0.4, -0.2) is 11.6 Å². The fourth-order valence-electron chi connectivity index (χ4n) is 1.67. The van der Waals surface area contributed by atoms with Crippen LogP contribution in [0.4, 0.5) is 8.78 Å². The summed E-state index contributed by atoms with van der Waals surface area (Å²) in [6.45, 7) is 3.36. The van der Waals surface area contributed by atoms with Crippen LogP contribution < -0.4 is 0 Å². The normalized spacial score (nSPS) is 12.3.